The zero-order valence-electron chi connectivity index (χ0n) is 18.3. The maximum absolute atomic E-state index is 12.9. The highest BCUT2D eigenvalue weighted by Gasteiger charge is 2.41. The lowest BCUT2D eigenvalue weighted by Crippen LogP contribution is -2.56. The maximum Gasteiger partial charge on any atom is 0.403 e. The molecule has 0 aliphatic carbocycles. The number of halogens is 3. The van der Waals surface area contributed by atoms with Crippen LogP contribution in [0.5, 0.6) is 0 Å². The molecule has 1 unspecified atom stereocenters. The molecule has 2 aliphatic rings. The van der Waals surface area contributed by atoms with Crippen LogP contribution in [0.2, 0.25) is 0 Å². The Labute approximate surface area is 182 Å². The fourth-order valence-electron chi connectivity index (χ4n) is 3.85. The quantitative estimate of drug-likeness (QED) is 0.542. The Morgan fingerprint density at radius 2 is 1.74 bits per heavy atom. The van der Waals surface area contributed by atoms with Crippen molar-refractivity contribution in [3.05, 3.63) is 35.4 Å². The highest BCUT2D eigenvalue weighted by molar-refractivity contribution is 5.80. The number of alkyl halides is 3. The number of aliphatic imine (C=N–C) groups is 1. The van der Waals surface area contributed by atoms with Gasteiger partial charge in [-0.25, -0.2) is 0 Å². The van der Waals surface area contributed by atoms with Crippen molar-refractivity contribution in [2.45, 2.75) is 51.2 Å². The molecular weight excluding hydrogens is 409 g/mol. The standard InChI is InChI=1S/C22H33F3N4O2/c1-17(22(23,24)25)28-9-11-29(12-10-28)21(26-2)27-15-18-3-5-19(6-4-18)16-31-20-7-13-30-14-8-20/h3-6,17,20H,7-16H2,1-2H3,(H,26,27). The summed E-state index contributed by atoms with van der Waals surface area (Å²) in [7, 11) is 1.70. The van der Waals surface area contributed by atoms with Gasteiger partial charge in [-0.05, 0) is 30.9 Å². The molecule has 174 valence electrons. The number of rotatable bonds is 6. The van der Waals surface area contributed by atoms with Crippen molar-refractivity contribution in [1.82, 2.24) is 15.1 Å². The zero-order valence-corrected chi connectivity index (χ0v) is 18.3. The van der Waals surface area contributed by atoms with E-state index in [-0.39, 0.29) is 6.10 Å². The number of hydrogen-bond acceptors (Lipinski definition) is 4. The third-order valence-corrected chi connectivity index (χ3v) is 5.97. The molecule has 2 saturated heterocycles. The van der Waals surface area contributed by atoms with E-state index in [4.69, 9.17) is 9.47 Å². The van der Waals surface area contributed by atoms with Crippen LogP contribution in [0.4, 0.5) is 13.2 Å². The summed E-state index contributed by atoms with van der Waals surface area (Å²) >= 11 is 0. The lowest BCUT2D eigenvalue weighted by Gasteiger charge is -2.39. The molecule has 1 N–H and O–H groups in total. The lowest BCUT2D eigenvalue weighted by atomic mass is 10.1. The number of benzene rings is 1. The minimum atomic E-state index is -4.19. The number of ether oxygens (including phenoxy) is 2. The highest BCUT2D eigenvalue weighted by Crippen LogP contribution is 2.25. The zero-order chi connectivity index (χ0) is 22.3. The van der Waals surface area contributed by atoms with E-state index in [1.807, 2.05) is 4.90 Å². The van der Waals surface area contributed by atoms with Crippen molar-refractivity contribution in [2.75, 3.05) is 46.4 Å². The Hall–Kier alpha value is -1.84. The topological polar surface area (TPSA) is 49.3 Å². The second kappa shape index (κ2) is 11.2. The van der Waals surface area contributed by atoms with E-state index in [1.54, 1.807) is 7.05 Å². The van der Waals surface area contributed by atoms with Gasteiger partial charge in [-0.1, -0.05) is 24.3 Å². The predicted octanol–water partition coefficient (Wildman–Crippen LogP) is 3.03. The van der Waals surface area contributed by atoms with E-state index >= 15 is 0 Å². The molecule has 0 spiro atoms. The van der Waals surface area contributed by atoms with E-state index in [0.717, 1.165) is 37.2 Å². The van der Waals surface area contributed by atoms with Crippen molar-refractivity contribution in [1.29, 1.82) is 0 Å². The monoisotopic (exact) mass is 442 g/mol. The molecule has 0 radical (unpaired) electrons. The summed E-state index contributed by atoms with van der Waals surface area (Å²) in [5.74, 6) is 0.714. The molecule has 2 heterocycles. The van der Waals surface area contributed by atoms with Crippen molar-refractivity contribution in [3.8, 4) is 0 Å². The van der Waals surface area contributed by atoms with Crippen molar-refractivity contribution >= 4 is 5.96 Å². The third-order valence-electron chi connectivity index (χ3n) is 5.97. The molecule has 2 aliphatic heterocycles. The van der Waals surface area contributed by atoms with E-state index in [2.05, 4.69) is 34.6 Å². The van der Waals surface area contributed by atoms with Crippen LogP contribution >= 0.6 is 0 Å². The average molecular weight is 443 g/mol. The Bertz CT molecular complexity index is 698. The first-order valence-electron chi connectivity index (χ1n) is 10.9. The van der Waals surface area contributed by atoms with Gasteiger partial charge in [0.25, 0.3) is 0 Å². The third kappa shape index (κ3) is 7.08. The summed E-state index contributed by atoms with van der Waals surface area (Å²) in [6.07, 6.45) is -2.02. The van der Waals surface area contributed by atoms with Crippen LogP contribution in [0.15, 0.2) is 29.3 Å². The van der Waals surface area contributed by atoms with Crippen LogP contribution in [0.25, 0.3) is 0 Å². The number of piperazine rings is 1. The van der Waals surface area contributed by atoms with Gasteiger partial charge in [-0.3, -0.25) is 9.89 Å². The van der Waals surface area contributed by atoms with Crippen LogP contribution in [-0.2, 0) is 22.6 Å². The highest BCUT2D eigenvalue weighted by atomic mass is 19.4. The summed E-state index contributed by atoms with van der Waals surface area (Å²) < 4.78 is 50.1. The number of guanidine groups is 1. The van der Waals surface area contributed by atoms with E-state index < -0.39 is 12.2 Å². The van der Waals surface area contributed by atoms with Gasteiger partial charge in [-0.15, -0.1) is 0 Å². The van der Waals surface area contributed by atoms with Crippen molar-refractivity contribution in [2.24, 2.45) is 4.99 Å². The second-order valence-electron chi connectivity index (χ2n) is 8.08. The molecule has 6 nitrogen and oxygen atoms in total. The Kier molecular flexibility index (Phi) is 8.57. The number of nitrogens with zero attached hydrogens (tertiary/aromatic N) is 3. The summed E-state index contributed by atoms with van der Waals surface area (Å²) in [5.41, 5.74) is 2.25. The molecule has 0 bridgehead atoms. The van der Waals surface area contributed by atoms with Gasteiger partial charge in [0, 0.05) is 53.0 Å². The molecule has 1 aromatic carbocycles. The van der Waals surface area contributed by atoms with Gasteiger partial charge in [0.15, 0.2) is 5.96 Å². The first-order valence-corrected chi connectivity index (χ1v) is 10.9. The summed E-state index contributed by atoms with van der Waals surface area (Å²) in [6.45, 7) is 5.73. The van der Waals surface area contributed by atoms with Crippen LogP contribution in [-0.4, -0.2) is 80.5 Å². The van der Waals surface area contributed by atoms with Crippen LogP contribution in [0, 0.1) is 0 Å². The lowest BCUT2D eigenvalue weighted by molar-refractivity contribution is -0.181. The second-order valence-corrected chi connectivity index (χ2v) is 8.08. The van der Waals surface area contributed by atoms with Gasteiger partial charge in [0.1, 0.15) is 6.04 Å². The van der Waals surface area contributed by atoms with Crippen LogP contribution in [0.3, 0.4) is 0 Å². The van der Waals surface area contributed by atoms with Gasteiger partial charge < -0.3 is 19.7 Å². The van der Waals surface area contributed by atoms with Gasteiger partial charge in [0.2, 0.25) is 0 Å². The molecule has 0 aromatic heterocycles. The molecule has 1 atom stereocenters. The fraction of sp³-hybridized carbons (Fsp3) is 0.682. The SMILES string of the molecule is CN=C(NCc1ccc(COC2CCOCC2)cc1)N1CCN(C(C)C(F)(F)F)CC1. The fourth-order valence-corrected chi connectivity index (χ4v) is 3.85. The Balaban J connectivity index is 1.42. The first-order chi connectivity index (χ1) is 14.9. The van der Waals surface area contributed by atoms with Crippen molar-refractivity contribution in [3.63, 3.8) is 0 Å². The molecule has 31 heavy (non-hydrogen) atoms. The molecule has 2 fully saturated rings. The van der Waals surface area contributed by atoms with Gasteiger partial charge in [-0.2, -0.15) is 13.2 Å². The largest absolute Gasteiger partial charge is 0.403 e. The predicted molar refractivity (Wildman–Crippen MR) is 114 cm³/mol. The smallest absolute Gasteiger partial charge is 0.381 e. The Morgan fingerprint density at radius 1 is 1.13 bits per heavy atom. The summed E-state index contributed by atoms with van der Waals surface area (Å²) in [5, 5.41) is 3.32. The summed E-state index contributed by atoms with van der Waals surface area (Å²) in [4.78, 5) is 7.79. The number of nitrogens with one attached hydrogen (secondary N) is 1. The molecule has 1 aromatic rings. The van der Waals surface area contributed by atoms with E-state index in [1.165, 1.54) is 11.8 Å². The minimum absolute atomic E-state index is 0.276. The molecule has 3 rings (SSSR count). The van der Waals surface area contributed by atoms with Crippen LogP contribution in [0.1, 0.15) is 30.9 Å². The molecule has 9 heteroatoms. The van der Waals surface area contributed by atoms with Crippen LogP contribution < -0.4 is 5.32 Å². The number of hydrogen-bond donors (Lipinski definition) is 1. The van der Waals surface area contributed by atoms with Crippen molar-refractivity contribution < 1.29 is 22.6 Å². The summed E-state index contributed by atoms with van der Waals surface area (Å²) in [6, 6.07) is 6.84. The molecule has 0 amide bonds. The normalized spacial score (nSPS) is 20.7. The first kappa shape index (κ1) is 23.8. The van der Waals surface area contributed by atoms with E-state index in [0.29, 0.717) is 45.3 Å². The maximum atomic E-state index is 12.9. The van der Waals surface area contributed by atoms with Gasteiger partial charge in [0.05, 0.1) is 12.7 Å². The Morgan fingerprint density at radius 3 is 2.32 bits per heavy atom. The van der Waals surface area contributed by atoms with E-state index in [9.17, 15) is 13.2 Å². The minimum Gasteiger partial charge on any atom is -0.381 e. The molecule has 0 saturated carbocycles. The molecular formula is C22H33F3N4O2. The van der Waals surface area contributed by atoms with Gasteiger partial charge >= 0.3 is 6.18 Å². The average Bonchev–Trinajstić information content (AvgIpc) is 2.79.